The summed E-state index contributed by atoms with van der Waals surface area (Å²) in [5, 5.41) is 9.78. The van der Waals surface area contributed by atoms with Crippen LogP contribution in [0.15, 0.2) is 35.9 Å². The zero-order chi connectivity index (χ0) is 11.9. The molecule has 1 unspecified atom stereocenters. The van der Waals surface area contributed by atoms with Gasteiger partial charge in [0.2, 0.25) is 17.2 Å². The van der Waals surface area contributed by atoms with E-state index in [4.69, 9.17) is 22.1 Å². The molecule has 84 valence electrons. The quantitative estimate of drug-likeness (QED) is 0.784. The van der Waals surface area contributed by atoms with Crippen molar-refractivity contribution in [2.75, 3.05) is 0 Å². The predicted octanol–water partition coefficient (Wildman–Crippen LogP) is 1.84. The molecule has 4 nitrogen and oxygen atoms in total. The molecule has 16 heavy (non-hydrogen) atoms. The minimum Gasteiger partial charge on any atom is -0.501 e. The lowest BCUT2D eigenvalue weighted by atomic mass is 9.91. The summed E-state index contributed by atoms with van der Waals surface area (Å²) in [4.78, 5) is 11.8. The molecule has 5 heteroatoms. The van der Waals surface area contributed by atoms with E-state index in [2.05, 4.69) is 0 Å². The lowest BCUT2D eigenvalue weighted by Crippen LogP contribution is -2.31. The molecule has 1 atom stereocenters. The minimum absolute atomic E-state index is 0.271. The highest BCUT2D eigenvalue weighted by atomic mass is 35.5. The minimum atomic E-state index is -1.34. The maximum Gasteiger partial charge on any atom is 0.250 e. The number of benzene rings is 1. The van der Waals surface area contributed by atoms with Crippen molar-refractivity contribution in [2.45, 2.75) is 12.5 Å². The van der Waals surface area contributed by atoms with E-state index < -0.39 is 17.1 Å². The maximum atomic E-state index is 11.8. The van der Waals surface area contributed by atoms with Crippen LogP contribution in [0.2, 0.25) is 5.02 Å². The van der Waals surface area contributed by atoms with Gasteiger partial charge in [0.15, 0.2) is 0 Å². The molecule has 1 aliphatic rings. The van der Waals surface area contributed by atoms with Gasteiger partial charge in [-0.15, -0.1) is 0 Å². The molecule has 0 radical (unpaired) electrons. The molecule has 0 bridgehead atoms. The molecule has 2 rings (SSSR count). The summed E-state index contributed by atoms with van der Waals surface area (Å²) < 4.78 is 5.21. The van der Waals surface area contributed by atoms with Crippen LogP contribution in [0.1, 0.15) is 12.5 Å². The summed E-state index contributed by atoms with van der Waals surface area (Å²) >= 11 is 5.98. The van der Waals surface area contributed by atoms with Crippen molar-refractivity contribution in [3.05, 3.63) is 46.5 Å². The lowest BCUT2D eigenvalue weighted by Gasteiger charge is -2.23. The van der Waals surface area contributed by atoms with Crippen molar-refractivity contribution < 1.29 is 14.6 Å². The van der Waals surface area contributed by atoms with Crippen LogP contribution >= 0.6 is 11.6 Å². The number of carbonyl (C=O) groups is 1. The van der Waals surface area contributed by atoms with Gasteiger partial charge in [-0.1, -0.05) is 29.8 Å². The monoisotopic (exact) mass is 239 g/mol. The Morgan fingerprint density at radius 3 is 2.56 bits per heavy atom. The maximum absolute atomic E-state index is 11.8. The van der Waals surface area contributed by atoms with E-state index in [0.29, 0.717) is 10.6 Å². The Bertz CT molecular complexity index is 498. The molecule has 1 aromatic rings. The third-order valence-electron chi connectivity index (χ3n) is 2.58. The van der Waals surface area contributed by atoms with Gasteiger partial charge >= 0.3 is 0 Å². The van der Waals surface area contributed by atoms with Crippen molar-refractivity contribution in [3.63, 3.8) is 0 Å². The Kier molecular flexibility index (Phi) is 2.31. The van der Waals surface area contributed by atoms with Gasteiger partial charge in [0.1, 0.15) is 0 Å². The van der Waals surface area contributed by atoms with E-state index in [-0.39, 0.29) is 5.88 Å². The van der Waals surface area contributed by atoms with Crippen LogP contribution in [0.3, 0.4) is 0 Å². The fraction of sp³-hybridized carbons (Fsp3) is 0.182. The number of nitrogens with two attached hydrogens (primary N) is 1. The highest BCUT2D eigenvalue weighted by Crippen LogP contribution is 2.39. The van der Waals surface area contributed by atoms with Crippen LogP contribution in [0.4, 0.5) is 0 Å². The Morgan fingerprint density at radius 2 is 2.06 bits per heavy atom. The Balaban J connectivity index is 2.52. The van der Waals surface area contributed by atoms with Gasteiger partial charge in [-0.2, -0.15) is 0 Å². The Hall–Kier alpha value is -1.68. The van der Waals surface area contributed by atoms with Crippen molar-refractivity contribution in [1.29, 1.82) is 0 Å². The summed E-state index contributed by atoms with van der Waals surface area (Å²) in [6.07, 6.45) is 0. The zero-order valence-corrected chi connectivity index (χ0v) is 9.28. The number of aliphatic hydroxyl groups is 1. The Morgan fingerprint density at radius 1 is 1.44 bits per heavy atom. The summed E-state index contributed by atoms with van der Waals surface area (Å²) in [6.45, 7) is 1.52. The number of rotatable bonds is 1. The number of Topliss-reactive ketones (excluding diaryl/α,β-unsaturated/α-hetero) is 1. The first kappa shape index (κ1) is 10.8. The average Bonchev–Trinajstić information content (AvgIpc) is 2.44. The standard InChI is InChI=1S/C11H10ClNO3/c1-11(6-4-2-3-5-7(6)12)9(15)8(14)10(13)16-11/h2-5,14H,13H2,1H3. The van der Waals surface area contributed by atoms with Crippen LogP contribution in [-0.4, -0.2) is 10.9 Å². The van der Waals surface area contributed by atoms with Gasteiger partial charge in [-0.05, 0) is 13.0 Å². The van der Waals surface area contributed by atoms with Crippen LogP contribution in [0.25, 0.3) is 0 Å². The van der Waals surface area contributed by atoms with Crippen LogP contribution in [-0.2, 0) is 15.1 Å². The van der Waals surface area contributed by atoms with Gasteiger partial charge in [0, 0.05) is 10.6 Å². The highest BCUT2D eigenvalue weighted by Gasteiger charge is 2.48. The number of halogens is 1. The molecular weight excluding hydrogens is 230 g/mol. The van der Waals surface area contributed by atoms with Gasteiger partial charge in [0.25, 0.3) is 5.78 Å². The molecule has 0 saturated heterocycles. The average molecular weight is 240 g/mol. The third kappa shape index (κ3) is 1.34. The first-order valence-electron chi connectivity index (χ1n) is 4.64. The smallest absolute Gasteiger partial charge is 0.250 e. The van der Waals surface area contributed by atoms with Gasteiger partial charge < -0.3 is 15.6 Å². The molecule has 1 aliphatic heterocycles. The largest absolute Gasteiger partial charge is 0.501 e. The molecule has 0 aliphatic carbocycles. The highest BCUT2D eigenvalue weighted by molar-refractivity contribution is 6.32. The summed E-state index contributed by atoms with van der Waals surface area (Å²) in [7, 11) is 0. The fourth-order valence-electron chi connectivity index (χ4n) is 1.68. The van der Waals surface area contributed by atoms with Crippen molar-refractivity contribution >= 4 is 17.4 Å². The van der Waals surface area contributed by atoms with E-state index in [1.807, 2.05) is 0 Å². The summed E-state index contributed by atoms with van der Waals surface area (Å²) in [6, 6.07) is 6.77. The Labute approximate surface area is 97.3 Å². The van der Waals surface area contributed by atoms with Gasteiger partial charge in [-0.3, -0.25) is 4.79 Å². The lowest BCUT2D eigenvalue weighted by molar-refractivity contribution is -0.131. The third-order valence-corrected chi connectivity index (χ3v) is 2.91. The van der Waals surface area contributed by atoms with E-state index in [0.717, 1.165) is 0 Å². The molecule has 0 fully saturated rings. The van der Waals surface area contributed by atoms with Gasteiger partial charge in [-0.25, -0.2) is 0 Å². The van der Waals surface area contributed by atoms with Crippen molar-refractivity contribution in [1.82, 2.24) is 0 Å². The molecule has 1 aromatic carbocycles. The molecule has 0 amide bonds. The molecule has 1 heterocycles. The zero-order valence-electron chi connectivity index (χ0n) is 8.53. The number of aliphatic hydroxyl groups excluding tert-OH is 1. The second-order valence-corrected chi connectivity index (χ2v) is 4.06. The van der Waals surface area contributed by atoms with Crippen LogP contribution in [0, 0.1) is 0 Å². The number of hydrogen-bond acceptors (Lipinski definition) is 4. The van der Waals surface area contributed by atoms with Crippen molar-refractivity contribution in [2.24, 2.45) is 5.73 Å². The first-order valence-corrected chi connectivity index (χ1v) is 5.02. The second kappa shape index (κ2) is 3.42. The topological polar surface area (TPSA) is 72.6 Å². The fourth-order valence-corrected chi connectivity index (χ4v) is 1.99. The summed E-state index contributed by atoms with van der Waals surface area (Å²) in [5.41, 5.74) is 4.51. The molecule has 0 saturated carbocycles. The van der Waals surface area contributed by atoms with Crippen LogP contribution in [0.5, 0.6) is 0 Å². The normalized spacial score (nSPS) is 24.8. The van der Waals surface area contributed by atoms with E-state index in [9.17, 15) is 9.90 Å². The first-order chi connectivity index (χ1) is 7.47. The van der Waals surface area contributed by atoms with E-state index in [1.165, 1.54) is 6.92 Å². The summed E-state index contributed by atoms with van der Waals surface area (Å²) in [5.74, 6) is -1.41. The van der Waals surface area contributed by atoms with Crippen molar-refractivity contribution in [3.8, 4) is 0 Å². The number of ether oxygens (including phenoxy) is 1. The predicted molar refractivity (Wildman–Crippen MR) is 58.7 cm³/mol. The van der Waals surface area contributed by atoms with Gasteiger partial charge in [0.05, 0.1) is 0 Å². The molecular formula is C11H10ClNO3. The van der Waals surface area contributed by atoms with E-state index in [1.54, 1.807) is 24.3 Å². The second-order valence-electron chi connectivity index (χ2n) is 3.66. The van der Waals surface area contributed by atoms with Crippen LogP contribution < -0.4 is 5.73 Å². The number of hydrogen-bond donors (Lipinski definition) is 2. The SMILES string of the molecule is CC1(c2ccccc2Cl)OC(N)=C(O)C1=O. The molecule has 3 N–H and O–H groups in total. The van der Waals surface area contributed by atoms with E-state index >= 15 is 0 Å². The molecule has 0 aromatic heterocycles. The number of ketones is 1. The number of carbonyl (C=O) groups excluding carboxylic acids is 1. The molecule has 0 spiro atoms.